The molecule has 1 N–H and O–H groups in total. The van der Waals surface area contributed by atoms with Crippen molar-refractivity contribution >= 4 is 30.7 Å². The largest absolute Gasteiger partial charge is 0.340 e. The number of amides is 1. The molecule has 0 bridgehead atoms. The minimum absolute atomic E-state index is 0. The number of likely N-dealkylation sites (tertiary alicyclic amines) is 1. The fourth-order valence-corrected chi connectivity index (χ4v) is 4.27. The Morgan fingerprint density at radius 2 is 1.86 bits per heavy atom. The molecule has 0 aliphatic carbocycles. The van der Waals surface area contributed by atoms with Crippen molar-refractivity contribution < 1.29 is 4.79 Å². The van der Waals surface area contributed by atoms with E-state index in [1.807, 2.05) is 4.90 Å². The monoisotopic (exact) mass is 430 g/mol. The van der Waals surface area contributed by atoms with Gasteiger partial charge in [0.05, 0.1) is 0 Å². The number of carbonyl (C=O) groups is 1. The van der Waals surface area contributed by atoms with Crippen LogP contribution >= 0.6 is 24.8 Å². The Labute approximate surface area is 182 Å². The summed E-state index contributed by atoms with van der Waals surface area (Å²) in [6.07, 6.45) is 1.85. The van der Waals surface area contributed by atoms with Crippen molar-refractivity contribution in [3.8, 4) is 0 Å². The highest BCUT2D eigenvalue weighted by Gasteiger charge is 2.30. The number of likely N-dealkylation sites (N-methyl/N-ethyl adjacent to an activating group) is 1. The first-order valence-corrected chi connectivity index (χ1v) is 10.2. The van der Waals surface area contributed by atoms with Gasteiger partial charge >= 0.3 is 0 Å². The average molecular weight is 431 g/mol. The summed E-state index contributed by atoms with van der Waals surface area (Å²) < 4.78 is 0. The summed E-state index contributed by atoms with van der Waals surface area (Å²) in [6, 6.07) is 11.8. The van der Waals surface area contributed by atoms with E-state index in [1.165, 1.54) is 12.0 Å². The third kappa shape index (κ3) is 6.60. The van der Waals surface area contributed by atoms with Gasteiger partial charge in [-0.2, -0.15) is 0 Å². The van der Waals surface area contributed by atoms with Crippen molar-refractivity contribution in [3.63, 3.8) is 0 Å². The molecular formula is C21H36Cl2N4O. The van der Waals surface area contributed by atoms with Crippen LogP contribution in [0.3, 0.4) is 0 Å². The molecule has 1 aromatic rings. The van der Waals surface area contributed by atoms with Gasteiger partial charge in [0.25, 0.3) is 0 Å². The fourth-order valence-electron chi connectivity index (χ4n) is 4.27. The summed E-state index contributed by atoms with van der Waals surface area (Å²) in [5.74, 6) is 0.317. The molecule has 7 heteroatoms. The molecule has 160 valence electrons. The lowest BCUT2D eigenvalue weighted by Crippen LogP contribution is -2.47. The second kappa shape index (κ2) is 12.7. The maximum atomic E-state index is 12.5. The van der Waals surface area contributed by atoms with E-state index >= 15 is 0 Å². The van der Waals surface area contributed by atoms with Gasteiger partial charge in [-0.3, -0.25) is 14.6 Å². The predicted octanol–water partition coefficient (Wildman–Crippen LogP) is 2.81. The highest BCUT2D eigenvalue weighted by Crippen LogP contribution is 2.26. The molecule has 2 fully saturated rings. The van der Waals surface area contributed by atoms with E-state index in [0.29, 0.717) is 24.4 Å². The third-order valence-corrected chi connectivity index (χ3v) is 6.03. The van der Waals surface area contributed by atoms with Crippen LogP contribution in [0, 0.1) is 0 Å². The molecule has 0 spiro atoms. The Kier molecular flexibility index (Phi) is 11.4. The highest BCUT2D eigenvalue weighted by atomic mass is 35.5. The normalized spacial score (nSPS) is 21.1. The molecule has 3 rings (SSSR count). The van der Waals surface area contributed by atoms with Crippen LogP contribution in [0.25, 0.3) is 0 Å². The molecule has 1 aromatic carbocycles. The van der Waals surface area contributed by atoms with E-state index in [4.69, 9.17) is 0 Å². The molecule has 2 heterocycles. The lowest BCUT2D eigenvalue weighted by atomic mass is 10.1. The quantitative estimate of drug-likeness (QED) is 0.721. The molecule has 0 aromatic heterocycles. The van der Waals surface area contributed by atoms with Crippen LogP contribution in [-0.4, -0.2) is 79.0 Å². The fraction of sp³-hybridized carbons (Fsp3) is 0.667. The number of nitrogens with zero attached hydrogens (tertiary/aromatic N) is 3. The van der Waals surface area contributed by atoms with Crippen LogP contribution in [-0.2, 0) is 4.79 Å². The maximum Gasteiger partial charge on any atom is 0.223 e. The molecule has 2 saturated heterocycles. The Balaban J connectivity index is 0.00000196. The van der Waals surface area contributed by atoms with Crippen molar-refractivity contribution in [3.05, 3.63) is 35.9 Å². The van der Waals surface area contributed by atoms with Crippen LogP contribution in [0.1, 0.15) is 38.3 Å². The first kappa shape index (κ1) is 25.2. The number of rotatable bonds is 7. The Hall–Kier alpha value is -0.850. The summed E-state index contributed by atoms with van der Waals surface area (Å²) in [6.45, 7) is 12.3. The van der Waals surface area contributed by atoms with Crippen LogP contribution in [0.5, 0.6) is 0 Å². The number of halogens is 2. The number of carbonyl (C=O) groups excluding carboxylic acids is 1. The molecule has 2 unspecified atom stereocenters. The minimum Gasteiger partial charge on any atom is -0.340 e. The van der Waals surface area contributed by atoms with Gasteiger partial charge in [-0.25, -0.2) is 0 Å². The van der Waals surface area contributed by atoms with Gasteiger partial charge in [0.2, 0.25) is 5.91 Å². The topological polar surface area (TPSA) is 38.8 Å². The molecule has 2 aliphatic heterocycles. The molecule has 0 radical (unpaired) electrons. The van der Waals surface area contributed by atoms with E-state index in [-0.39, 0.29) is 24.8 Å². The van der Waals surface area contributed by atoms with E-state index < -0.39 is 0 Å². The number of benzene rings is 1. The zero-order valence-electron chi connectivity index (χ0n) is 17.2. The number of nitrogens with one attached hydrogen (secondary N) is 1. The summed E-state index contributed by atoms with van der Waals surface area (Å²) in [7, 11) is 0. The van der Waals surface area contributed by atoms with Crippen LogP contribution in [0.4, 0.5) is 0 Å². The average Bonchev–Trinajstić information content (AvgIpc) is 3.19. The zero-order chi connectivity index (χ0) is 18.4. The second-order valence-corrected chi connectivity index (χ2v) is 7.53. The first-order chi connectivity index (χ1) is 12.7. The van der Waals surface area contributed by atoms with Crippen LogP contribution < -0.4 is 5.32 Å². The summed E-state index contributed by atoms with van der Waals surface area (Å²) in [5.41, 5.74) is 1.39. The van der Waals surface area contributed by atoms with Gasteiger partial charge in [-0.1, -0.05) is 37.3 Å². The van der Waals surface area contributed by atoms with E-state index in [1.54, 1.807) is 0 Å². The second-order valence-electron chi connectivity index (χ2n) is 7.53. The Morgan fingerprint density at radius 3 is 2.50 bits per heavy atom. The zero-order valence-corrected chi connectivity index (χ0v) is 18.8. The van der Waals surface area contributed by atoms with Crippen molar-refractivity contribution in [1.29, 1.82) is 0 Å². The van der Waals surface area contributed by atoms with Crippen molar-refractivity contribution in [2.75, 3.05) is 52.4 Å². The number of hydrogen-bond acceptors (Lipinski definition) is 4. The standard InChI is InChI=1S/C21H34N4O.2ClH/c1-3-23(14-10-21(26)24-15-11-22-12-16-24)20-9-13-25(17-20)18(2)19-7-5-4-6-8-19;;/h4-8,18,20,22H,3,9-17H2,1-2H3;2*1H. The van der Waals surface area contributed by atoms with Gasteiger partial charge in [-0.15, -0.1) is 24.8 Å². The smallest absolute Gasteiger partial charge is 0.223 e. The lowest BCUT2D eigenvalue weighted by Gasteiger charge is -2.31. The minimum atomic E-state index is 0. The van der Waals surface area contributed by atoms with Gasteiger partial charge in [-0.05, 0) is 25.5 Å². The molecule has 0 saturated carbocycles. The lowest BCUT2D eigenvalue weighted by molar-refractivity contribution is -0.132. The van der Waals surface area contributed by atoms with E-state index in [9.17, 15) is 4.79 Å². The highest BCUT2D eigenvalue weighted by molar-refractivity contribution is 5.85. The van der Waals surface area contributed by atoms with Crippen LogP contribution in [0.2, 0.25) is 0 Å². The third-order valence-electron chi connectivity index (χ3n) is 6.03. The van der Waals surface area contributed by atoms with Gasteiger partial charge in [0.15, 0.2) is 0 Å². The van der Waals surface area contributed by atoms with Crippen molar-refractivity contribution in [2.24, 2.45) is 0 Å². The van der Waals surface area contributed by atoms with Gasteiger partial charge in [0, 0.05) is 64.3 Å². The maximum absolute atomic E-state index is 12.5. The SMILES string of the molecule is CCN(CCC(=O)N1CCNCC1)C1CCN(C(C)c2ccccc2)C1.Cl.Cl. The van der Waals surface area contributed by atoms with E-state index in [0.717, 1.165) is 52.4 Å². The number of hydrogen-bond donors (Lipinski definition) is 1. The summed E-state index contributed by atoms with van der Waals surface area (Å²) in [4.78, 5) is 19.6. The summed E-state index contributed by atoms with van der Waals surface area (Å²) in [5, 5.41) is 3.31. The van der Waals surface area contributed by atoms with Crippen molar-refractivity contribution in [2.45, 2.75) is 38.8 Å². The summed E-state index contributed by atoms with van der Waals surface area (Å²) >= 11 is 0. The predicted molar refractivity (Wildman–Crippen MR) is 121 cm³/mol. The van der Waals surface area contributed by atoms with Crippen LogP contribution in [0.15, 0.2) is 30.3 Å². The van der Waals surface area contributed by atoms with Crippen molar-refractivity contribution in [1.82, 2.24) is 20.0 Å². The molecule has 1 amide bonds. The Bertz CT molecular complexity index is 569. The number of piperazine rings is 1. The molecule has 2 atom stereocenters. The molecule has 2 aliphatic rings. The van der Waals surface area contributed by atoms with Gasteiger partial charge < -0.3 is 10.2 Å². The Morgan fingerprint density at radius 1 is 1.18 bits per heavy atom. The molecular weight excluding hydrogens is 395 g/mol. The first-order valence-electron chi connectivity index (χ1n) is 10.2. The molecule has 5 nitrogen and oxygen atoms in total. The van der Waals surface area contributed by atoms with Gasteiger partial charge in [0.1, 0.15) is 0 Å². The molecule has 28 heavy (non-hydrogen) atoms. The van der Waals surface area contributed by atoms with E-state index in [2.05, 4.69) is 59.3 Å².